The van der Waals surface area contributed by atoms with E-state index in [0.29, 0.717) is 59.8 Å². The number of carbonyl (C=O) groups is 2. The number of carbonyl (C=O) groups excluding carboxylic acids is 2. The molecule has 8 rings (SSSR count). The van der Waals surface area contributed by atoms with Gasteiger partial charge in [0, 0.05) is 70.7 Å². The molecule has 2 fully saturated rings. The summed E-state index contributed by atoms with van der Waals surface area (Å²) in [5, 5.41) is 45.2. The van der Waals surface area contributed by atoms with Gasteiger partial charge in [-0.25, -0.2) is 0 Å². The predicted molar refractivity (Wildman–Crippen MR) is 273 cm³/mol. The highest BCUT2D eigenvalue weighted by Crippen LogP contribution is 2.64. The Morgan fingerprint density at radius 2 is 1.78 bits per heavy atom. The summed E-state index contributed by atoms with van der Waals surface area (Å²) in [6.45, 7) is 4.33. The number of aromatic nitrogens is 1. The largest absolute Gasteiger partial charge is 0.508 e. The number of aliphatic hydroxyl groups excluding tert-OH is 2. The van der Waals surface area contributed by atoms with Crippen LogP contribution in [0.2, 0.25) is 0 Å². The number of allylic oxidation sites excluding steroid dienone is 2. The number of fused-ring (bicyclic) bond motifs is 7. The zero-order valence-electron chi connectivity index (χ0n) is 39.6. The summed E-state index contributed by atoms with van der Waals surface area (Å²) in [5.74, 6) is 8.38. The van der Waals surface area contributed by atoms with Gasteiger partial charge in [0.2, 0.25) is 0 Å². The molecule has 0 saturated heterocycles. The summed E-state index contributed by atoms with van der Waals surface area (Å²) in [5.41, 5.74) is 19.2. The van der Waals surface area contributed by atoms with Gasteiger partial charge in [-0.05, 0) is 133 Å². The van der Waals surface area contributed by atoms with Crippen molar-refractivity contribution in [1.82, 2.24) is 4.98 Å². The van der Waals surface area contributed by atoms with E-state index in [9.17, 15) is 30.0 Å². The van der Waals surface area contributed by atoms with Crippen molar-refractivity contribution < 1.29 is 34.8 Å². The van der Waals surface area contributed by atoms with Gasteiger partial charge in [0.25, 0.3) is 0 Å². The fourth-order valence-electron chi connectivity index (χ4n) is 11.7. The zero-order chi connectivity index (χ0) is 48.0. The van der Waals surface area contributed by atoms with Gasteiger partial charge >= 0.3 is 0 Å². The standard InChI is InChI=1S/C56H69N3O7S2/c1-3-4-5-7-38(24-35(2)60)25-41-16-20-56-33-55(41,31-53(56)65)21-17-42(61)13-10-36-12-15-50(63)52(27-36)66-23-19-37-11-14-49(62)47(26-37)46-30-51(64)43-18-22-59-48(43)9-6-8-39-28-45(54(57)58)40(29-44(39)46)32-67-68-34-56/h11-12,14-15,17-18,21-22,26-29,35,38,41,46,53-54,59-60,62-63,65H,3-5,7,9-10,13,16,19-20,23-25,30-34,57-58H2,1-2H3. The number of H-pyrrole nitrogens is 1. The first-order chi connectivity index (χ1) is 32.8. The number of aromatic hydroxyl groups is 2. The molecule has 1 aromatic heterocycles. The van der Waals surface area contributed by atoms with E-state index in [-0.39, 0.29) is 59.3 Å². The van der Waals surface area contributed by atoms with Crippen LogP contribution in [-0.4, -0.2) is 61.5 Å². The third-order valence-electron chi connectivity index (χ3n) is 15.4. The summed E-state index contributed by atoms with van der Waals surface area (Å²) in [6.07, 6.45) is 15.0. The van der Waals surface area contributed by atoms with E-state index in [1.54, 1.807) is 58.1 Å². The van der Waals surface area contributed by atoms with Crippen LogP contribution in [0.3, 0.4) is 0 Å². The topological polar surface area (TPSA) is 192 Å². The third kappa shape index (κ3) is 11.4. The number of hydrogen-bond donors (Lipinski definition) is 7. The molecular weight excluding hydrogens is 891 g/mol. The third-order valence-corrected chi connectivity index (χ3v) is 17.9. The lowest BCUT2D eigenvalue weighted by atomic mass is 9.60. The molecule has 68 heavy (non-hydrogen) atoms. The van der Waals surface area contributed by atoms with Crippen LogP contribution in [0.5, 0.6) is 17.2 Å². The van der Waals surface area contributed by atoms with Crippen molar-refractivity contribution >= 4 is 33.2 Å². The molecule has 10 nitrogen and oxygen atoms in total. The lowest BCUT2D eigenvalue weighted by Crippen LogP contribution is -2.38. The van der Waals surface area contributed by atoms with Gasteiger partial charge in [-0.15, -0.1) is 0 Å². The van der Waals surface area contributed by atoms with E-state index >= 15 is 0 Å². The van der Waals surface area contributed by atoms with E-state index in [4.69, 9.17) is 16.2 Å². The Morgan fingerprint density at radius 1 is 0.971 bits per heavy atom. The van der Waals surface area contributed by atoms with E-state index in [1.807, 2.05) is 31.2 Å². The number of benzene rings is 3. The second kappa shape index (κ2) is 22.1. The molecule has 8 bridgehead atoms. The number of phenols is 2. The maximum absolute atomic E-state index is 14.3. The maximum Gasteiger partial charge on any atom is 0.165 e. The van der Waals surface area contributed by atoms with Crippen molar-refractivity contribution in [3.8, 4) is 29.1 Å². The molecule has 9 N–H and O–H groups in total. The van der Waals surface area contributed by atoms with E-state index in [0.717, 1.165) is 97.1 Å². The lowest BCUT2D eigenvalue weighted by Gasteiger charge is -2.45. The molecule has 2 saturated carbocycles. The Hall–Kier alpha value is -4.48. The van der Waals surface area contributed by atoms with Crippen LogP contribution in [0.15, 0.2) is 72.9 Å². The van der Waals surface area contributed by atoms with Crippen molar-refractivity contribution in [2.75, 3.05) is 12.4 Å². The Kier molecular flexibility index (Phi) is 16.2. The quantitative estimate of drug-likeness (QED) is 0.0366. The average molecular weight is 960 g/mol. The minimum atomic E-state index is -0.790. The number of hydrogen-bond acceptors (Lipinski definition) is 11. The molecule has 2 heterocycles. The predicted octanol–water partition coefficient (Wildman–Crippen LogP) is 10.1. The number of aliphatic hydroxyl groups is 2. The molecule has 1 aliphatic heterocycles. The van der Waals surface area contributed by atoms with Crippen LogP contribution >= 0.6 is 21.6 Å². The molecule has 7 unspecified atom stereocenters. The lowest BCUT2D eigenvalue weighted by molar-refractivity contribution is -0.114. The monoisotopic (exact) mass is 959 g/mol. The number of nitrogens with two attached hydrogens (primary N) is 2. The molecule has 7 atom stereocenters. The number of ketones is 2. The molecule has 0 amide bonds. The second-order valence-corrected chi connectivity index (χ2v) is 22.7. The number of rotatable bonds is 9. The SMILES string of the molecule is CCCCCC(CC(C)O)CC1CCC23CSSCc4cc5c(cc4C(N)N)C#CCc4[nH]ccc4C(=O)CC5c4cc(ccc4O)CCOc4cc(ccc4O)CCC(=O)C=CC1(CC2O)C3. The van der Waals surface area contributed by atoms with Crippen molar-refractivity contribution in [1.29, 1.82) is 0 Å². The summed E-state index contributed by atoms with van der Waals surface area (Å²) in [4.78, 5) is 31.2. The normalized spacial score (nSPS) is 25.2. The first-order valence-electron chi connectivity index (χ1n) is 24.7. The maximum atomic E-state index is 14.3. The minimum absolute atomic E-state index is 0.00332. The molecule has 4 aliphatic rings. The van der Waals surface area contributed by atoms with E-state index in [2.05, 4.69) is 35.9 Å². The van der Waals surface area contributed by atoms with Gasteiger partial charge < -0.3 is 41.6 Å². The molecule has 4 aromatic rings. The highest BCUT2D eigenvalue weighted by molar-refractivity contribution is 8.76. The number of aryl methyl sites for hydroxylation is 1. The van der Waals surface area contributed by atoms with Crippen molar-refractivity contribution in [3.05, 3.63) is 123 Å². The van der Waals surface area contributed by atoms with Crippen LogP contribution in [0.25, 0.3) is 0 Å². The number of Topliss-reactive ketones (excluding diaryl/α,β-unsaturated/α-hetero) is 1. The number of phenolic OH excluding ortho intramolecular Hbond substituents is 2. The molecule has 362 valence electrons. The van der Waals surface area contributed by atoms with Crippen molar-refractivity contribution in [2.24, 2.45) is 34.1 Å². The highest BCUT2D eigenvalue weighted by Gasteiger charge is 2.59. The second-order valence-electron chi connectivity index (χ2n) is 20.2. The summed E-state index contributed by atoms with van der Waals surface area (Å²) >= 11 is 0. The van der Waals surface area contributed by atoms with Gasteiger partial charge in [0.1, 0.15) is 5.75 Å². The fraction of sp³-hybridized carbons (Fsp3) is 0.500. The average Bonchev–Trinajstić information content (AvgIpc) is 3.87. The number of nitrogens with one attached hydrogen (secondary N) is 1. The Labute approximate surface area is 409 Å². The molecule has 0 radical (unpaired) electrons. The Bertz CT molecular complexity index is 2540. The molecule has 12 heteroatoms. The van der Waals surface area contributed by atoms with Gasteiger partial charge in [-0.2, -0.15) is 0 Å². The molecule has 3 aromatic carbocycles. The van der Waals surface area contributed by atoms with E-state index in [1.165, 1.54) is 0 Å². The summed E-state index contributed by atoms with van der Waals surface area (Å²) in [7, 11) is 3.45. The van der Waals surface area contributed by atoms with E-state index < -0.39 is 24.3 Å². The van der Waals surface area contributed by atoms with Crippen LogP contribution in [0, 0.1) is 34.5 Å². The molecular formula is C56H69N3O7S2. The minimum Gasteiger partial charge on any atom is -0.508 e. The highest BCUT2D eigenvalue weighted by atomic mass is 33.1. The molecule has 0 spiro atoms. The molecule has 3 aliphatic carbocycles. The van der Waals surface area contributed by atoms with Crippen LogP contribution in [-0.2, 0) is 29.8 Å². The van der Waals surface area contributed by atoms with Crippen LogP contribution in [0.4, 0.5) is 0 Å². The van der Waals surface area contributed by atoms with Gasteiger partial charge in [-0.1, -0.05) is 96.4 Å². The van der Waals surface area contributed by atoms with Crippen molar-refractivity contribution in [2.45, 2.75) is 140 Å². The summed E-state index contributed by atoms with van der Waals surface area (Å²) in [6, 6.07) is 16.5. The number of aromatic amines is 1. The van der Waals surface area contributed by atoms with Crippen LogP contribution < -0.4 is 16.2 Å². The number of ether oxygens (including phenoxy) is 1. The fourth-order valence-corrected chi connectivity index (χ4v) is 14.5. The van der Waals surface area contributed by atoms with Crippen LogP contribution in [0.1, 0.15) is 158 Å². The number of unbranched alkanes of at least 4 members (excludes halogenated alkanes) is 2. The first kappa shape index (κ1) is 49.9. The van der Waals surface area contributed by atoms with Gasteiger partial charge in [-0.3, -0.25) is 9.59 Å². The first-order valence-corrected chi connectivity index (χ1v) is 27.2. The van der Waals surface area contributed by atoms with Crippen molar-refractivity contribution in [3.63, 3.8) is 0 Å². The smallest absolute Gasteiger partial charge is 0.165 e. The summed E-state index contributed by atoms with van der Waals surface area (Å²) < 4.78 is 6.18. The Balaban J connectivity index is 1.16. The zero-order valence-corrected chi connectivity index (χ0v) is 41.2. The van der Waals surface area contributed by atoms with Gasteiger partial charge in [0.05, 0.1) is 31.4 Å². The Morgan fingerprint density at radius 3 is 2.57 bits per heavy atom. The van der Waals surface area contributed by atoms with Gasteiger partial charge in [0.15, 0.2) is 23.1 Å².